The van der Waals surface area contributed by atoms with Crippen LogP contribution in [0, 0.1) is 0 Å². The third-order valence-corrected chi connectivity index (χ3v) is 7.44. The Morgan fingerprint density at radius 2 is 1.87 bits per heavy atom. The maximum Gasteiger partial charge on any atom is 0.151 e. The van der Waals surface area contributed by atoms with Crippen molar-refractivity contribution < 1.29 is 0 Å². The molecule has 152 valence electrons. The van der Waals surface area contributed by atoms with Crippen LogP contribution < -0.4 is 10.2 Å². The molecular weight excluding hydrogens is 394 g/mol. The minimum Gasteiger partial charge on any atom is -0.355 e. The van der Waals surface area contributed by atoms with E-state index >= 15 is 0 Å². The first kappa shape index (κ1) is 18.0. The highest BCUT2D eigenvalue weighted by Crippen LogP contribution is 2.37. The van der Waals surface area contributed by atoms with E-state index < -0.39 is 0 Å². The molecule has 7 nitrogen and oxygen atoms in total. The van der Waals surface area contributed by atoms with Gasteiger partial charge in [-0.15, -0.1) is 21.5 Å². The fourth-order valence-corrected chi connectivity index (χ4v) is 5.81. The summed E-state index contributed by atoms with van der Waals surface area (Å²) in [7, 11) is 2.15. The summed E-state index contributed by atoms with van der Waals surface area (Å²) in [6.07, 6.45) is 8.70. The van der Waals surface area contributed by atoms with Crippen LogP contribution in [0.2, 0.25) is 0 Å². The first-order chi connectivity index (χ1) is 14.8. The third kappa shape index (κ3) is 2.98. The predicted octanol–water partition coefficient (Wildman–Crippen LogP) is 3.86. The number of H-pyrrole nitrogens is 1. The average molecular weight is 418 g/mol. The molecule has 2 aliphatic rings. The number of nitrogens with one attached hydrogen (secondary N) is 2. The number of fused-ring (bicyclic) bond motifs is 3. The first-order valence-corrected chi connectivity index (χ1v) is 11.3. The number of benzene rings is 1. The van der Waals surface area contributed by atoms with Crippen LogP contribution in [0.5, 0.6) is 0 Å². The summed E-state index contributed by atoms with van der Waals surface area (Å²) in [6, 6.07) is 10.2. The lowest BCUT2D eigenvalue weighted by atomic mass is 9.98. The number of aromatic amines is 1. The lowest BCUT2D eigenvalue weighted by molar-refractivity contribution is 0.353. The van der Waals surface area contributed by atoms with Crippen molar-refractivity contribution in [2.24, 2.45) is 0 Å². The van der Waals surface area contributed by atoms with E-state index in [9.17, 15) is 0 Å². The monoisotopic (exact) mass is 417 g/mol. The van der Waals surface area contributed by atoms with Gasteiger partial charge in [0.2, 0.25) is 0 Å². The summed E-state index contributed by atoms with van der Waals surface area (Å²) >= 11 is 1.63. The second-order valence-electron chi connectivity index (χ2n) is 8.33. The van der Waals surface area contributed by atoms with Gasteiger partial charge in [0.15, 0.2) is 5.82 Å². The number of anilines is 1. The molecule has 0 radical (unpaired) electrons. The summed E-state index contributed by atoms with van der Waals surface area (Å²) in [6.45, 7) is 0. The number of hydrogen-bond donors (Lipinski definition) is 2. The van der Waals surface area contributed by atoms with Crippen molar-refractivity contribution in [3.05, 3.63) is 42.2 Å². The van der Waals surface area contributed by atoms with Gasteiger partial charge >= 0.3 is 0 Å². The van der Waals surface area contributed by atoms with Gasteiger partial charge < -0.3 is 10.2 Å². The molecular formula is C22H23N7S. The summed E-state index contributed by atoms with van der Waals surface area (Å²) in [5.41, 5.74) is 6.93. The Morgan fingerprint density at radius 3 is 2.60 bits per heavy atom. The largest absolute Gasteiger partial charge is 0.355 e. The molecule has 0 spiro atoms. The van der Waals surface area contributed by atoms with E-state index in [0.717, 1.165) is 38.4 Å². The molecule has 8 heteroatoms. The van der Waals surface area contributed by atoms with Gasteiger partial charge in [-0.25, -0.2) is 4.98 Å². The highest BCUT2D eigenvalue weighted by molar-refractivity contribution is 7.17. The van der Waals surface area contributed by atoms with Crippen LogP contribution in [-0.4, -0.2) is 50.6 Å². The molecule has 2 bridgehead atoms. The van der Waals surface area contributed by atoms with E-state index in [1.807, 2.05) is 17.9 Å². The molecule has 1 aromatic carbocycles. The average Bonchev–Trinajstić information content (AvgIpc) is 3.54. The van der Waals surface area contributed by atoms with Crippen molar-refractivity contribution in [3.8, 4) is 22.4 Å². The van der Waals surface area contributed by atoms with Gasteiger partial charge in [-0.05, 0) is 37.8 Å². The van der Waals surface area contributed by atoms with Crippen LogP contribution >= 0.6 is 11.3 Å². The standard InChI is InChI=1S/C22H23N7S/c1-29(16-8-14-2-3-15(9-16)26-14)20-7-6-19(27-28-20)18-5-4-17(13-10-24-25-11-13)21-22(18)30-12-23-21/h4-7,10-12,14-16,26H,2-3,8-9H2,1H3,(H,24,25)/t14-,15+,16-. The van der Waals surface area contributed by atoms with E-state index in [1.54, 1.807) is 11.3 Å². The second-order valence-corrected chi connectivity index (χ2v) is 9.18. The fraction of sp³-hybridized carbons (Fsp3) is 0.364. The minimum absolute atomic E-state index is 0.534. The highest BCUT2D eigenvalue weighted by Gasteiger charge is 2.35. The molecule has 0 aliphatic carbocycles. The summed E-state index contributed by atoms with van der Waals surface area (Å²) in [5, 5.41) is 19.8. The Labute approximate surface area is 178 Å². The Hall–Kier alpha value is -2.84. The molecule has 5 heterocycles. The minimum atomic E-state index is 0.534. The molecule has 0 saturated carbocycles. The topological polar surface area (TPSA) is 82.6 Å². The van der Waals surface area contributed by atoms with Crippen LogP contribution in [0.1, 0.15) is 25.7 Å². The van der Waals surface area contributed by atoms with Crippen LogP contribution in [0.3, 0.4) is 0 Å². The van der Waals surface area contributed by atoms with Gasteiger partial charge in [0, 0.05) is 48.1 Å². The highest BCUT2D eigenvalue weighted by atomic mass is 32.1. The van der Waals surface area contributed by atoms with Gasteiger partial charge in [-0.3, -0.25) is 5.10 Å². The molecule has 6 rings (SSSR count). The van der Waals surface area contributed by atoms with Crippen LogP contribution in [0.15, 0.2) is 42.2 Å². The quantitative estimate of drug-likeness (QED) is 0.525. The van der Waals surface area contributed by atoms with Gasteiger partial charge in [0.1, 0.15) is 0 Å². The van der Waals surface area contributed by atoms with Gasteiger partial charge in [0.05, 0.1) is 27.6 Å². The number of rotatable bonds is 4. The smallest absolute Gasteiger partial charge is 0.151 e. The molecule has 3 aromatic heterocycles. The maximum absolute atomic E-state index is 4.60. The van der Waals surface area contributed by atoms with Crippen molar-refractivity contribution in [1.29, 1.82) is 0 Å². The molecule has 3 atom stereocenters. The maximum atomic E-state index is 4.60. The Bertz CT molecular complexity index is 1160. The molecule has 2 N–H and O–H groups in total. The van der Waals surface area contributed by atoms with E-state index in [-0.39, 0.29) is 0 Å². The van der Waals surface area contributed by atoms with Crippen molar-refractivity contribution in [2.45, 2.75) is 43.8 Å². The molecule has 2 saturated heterocycles. The molecule has 0 unspecified atom stereocenters. The predicted molar refractivity (Wildman–Crippen MR) is 120 cm³/mol. The van der Waals surface area contributed by atoms with Crippen LogP contribution in [0.4, 0.5) is 5.82 Å². The summed E-state index contributed by atoms with van der Waals surface area (Å²) in [4.78, 5) is 6.92. The zero-order chi connectivity index (χ0) is 20.1. The van der Waals surface area contributed by atoms with Gasteiger partial charge in [-0.1, -0.05) is 12.1 Å². The van der Waals surface area contributed by atoms with Crippen LogP contribution in [-0.2, 0) is 0 Å². The van der Waals surface area contributed by atoms with E-state index in [0.29, 0.717) is 18.1 Å². The van der Waals surface area contributed by atoms with Crippen molar-refractivity contribution in [3.63, 3.8) is 0 Å². The zero-order valence-electron chi connectivity index (χ0n) is 16.7. The molecule has 0 amide bonds. The Balaban J connectivity index is 1.30. The molecule has 2 aliphatic heterocycles. The summed E-state index contributed by atoms with van der Waals surface area (Å²) in [5.74, 6) is 0.945. The number of piperidine rings is 1. The summed E-state index contributed by atoms with van der Waals surface area (Å²) < 4.78 is 1.12. The van der Waals surface area contributed by atoms with Crippen molar-refractivity contribution in [1.82, 2.24) is 30.7 Å². The Morgan fingerprint density at radius 1 is 1.03 bits per heavy atom. The molecule has 30 heavy (non-hydrogen) atoms. The van der Waals surface area contributed by atoms with E-state index in [4.69, 9.17) is 0 Å². The molecule has 2 fully saturated rings. The third-order valence-electron chi connectivity index (χ3n) is 6.58. The SMILES string of the molecule is CN(c1ccc(-c2ccc(-c3cn[nH]c3)c3ncsc23)nn1)[C@@H]1C[C@H]2CC[C@@H](C1)N2. The van der Waals surface area contributed by atoms with E-state index in [1.165, 1.54) is 25.7 Å². The normalized spacial score (nSPS) is 23.2. The van der Waals surface area contributed by atoms with Crippen molar-refractivity contribution >= 4 is 27.4 Å². The van der Waals surface area contributed by atoms with Gasteiger partial charge in [-0.2, -0.15) is 5.10 Å². The van der Waals surface area contributed by atoms with E-state index in [2.05, 4.69) is 66.9 Å². The number of aromatic nitrogens is 5. The Kier molecular flexibility index (Phi) is 4.28. The van der Waals surface area contributed by atoms with Gasteiger partial charge in [0.25, 0.3) is 0 Å². The number of nitrogens with zero attached hydrogens (tertiary/aromatic N) is 5. The molecule has 4 aromatic rings. The second kappa shape index (κ2) is 7.14. The lowest BCUT2D eigenvalue weighted by Crippen LogP contribution is -2.47. The fourth-order valence-electron chi connectivity index (χ4n) is 4.97. The zero-order valence-corrected chi connectivity index (χ0v) is 17.6. The lowest BCUT2D eigenvalue weighted by Gasteiger charge is -2.36. The number of hydrogen-bond acceptors (Lipinski definition) is 7. The van der Waals surface area contributed by atoms with Crippen molar-refractivity contribution in [2.75, 3.05) is 11.9 Å². The first-order valence-electron chi connectivity index (χ1n) is 10.4. The number of thiazole rings is 1. The van der Waals surface area contributed by atoms with Crippen LogP contribution in [0.25, 0.3) is 32.6 Å².